The maximum absolute atomic E-state index is 8.36. The van der Waals surface area contributed by atoms with Gasteiger partial charge < -0.3 is 35.9 Å². The molecule has 0 heterocycles. The molecule has 0 rings (SSSR count). The van der Waals surface area contributed by atoms with Crippen molar-refractivity contribution < 1.29 is 20.5 Å². The van der Waals surface area contributed by atoms with E-state index in [1.807, 2.05) is 0 Å². The Balaban J connectivity index is -0.0000000450. The molecule has 13 heteroatoms. The van der Waals surface area contributed by atoms with Crippen molar-refractivity contribution in [3.63, 3.8) is 0 Å². The van der Waals surface area contributed by atoms with Crippen LogP contribution in [0.5, 0.6) is 0 Å². The zero-order valence-corrected chi connectivity index (χ0v) is 11.3. The average molecular weight is 399 g/mol. The summed E-state index contributed by atoms with van der Waals surface area (Å²) in [5.74, 6) is 0. The van der Waals surface area contributed by atoms with Crippen LogP contribution in [0.3, 0.4) is 0 Å². The van der Waals surface area contributed by atoms with Crippen LogP contribution in [0.15, 0.2) is 0 Å². The second kappa shape index (κ2) is 16.8. The molecule has 80 valence electrons. The summed E-state index contributed by atoms with van der Waals surface area (Å²) in [6.07, 6.45) is 0. The fourth-order valence-electron chi connectivity index (χ4n) is 0. The summed E-state index contributed by atoms with van der Waals surface area (Å²) < 4.78 is 0. The van der Waals surface area contributed by atoms with Crippen LogP contribution >= 0.6 is 0 Å². The van der Waals surface area contributed by atoms with Crippen LogP contribution in [0.2, 0.25) is 0 Å². The van der Waals surface area contributed by atoms with Crippen LogP contribution in [0.25, 0.3) is 0 Å². The third-order valence-electron chi connectivity index (χ3n) is 0. The molecule has 13 heavy (non-hydrogen) atoms. The van der Waals surface area contributed by atoms with Crippen LogP contribution in [-0.2, 0) is 0 Å². The molecule has 0 aromatic heterocycles. The summed E-state index contributed by atoms with van der Waals surface area (Å²) in [6, 6.07) is 0. The molecule has 0 atom stereocenters. The predicted octanol–water partition coefficient (Wildman–Crippen LogP) is -2.01. The van der Waals surface area contributed by atoms with E-state index in [0.717, 1.165) is 0 Å². The first-order chi connectivity index (χ1) is 5.20. The fourth-order valence-corrected chi connectivity index (χ4v) is 0. The Labute approximate surface area is 87.8 Å². The maximum atomic E-state index is 8.36. The SMILES string of the molecule is O=[N+]([O-])O.O=[N+]([O-])[O-].O=[N+]([O-])[O-].[BiH3]. The van der Waals surface area contributed by atoms with E-state index in [9.17, 15) is 0 Å². The first kappa shape index (κ1) is 22.5. The van der Waals surface area contributed by atoms with Gasteiger partial charge in [-0.15, -0.1) is 10.1 Å². The van der Waals surface area contributed by atoms with Crippen molar-refractivity contribution in [1.82, 2.24) is 0 Å². The van der Waals surface area contributed by atoms with Gasteiger partial charge in [-0.1, -0.05) is 0 Å². The van der Waals surface area contributed by atoms with Crippen molar-refractivity contribution in [2.24, 2.45) is 0 Å². The monoisotopic (exact) mass is 399 g/mol. The van der Waals surface area contributed by atoms with Crippen LogP contribution < -0.4 is 0 Å². The molecule has 0 aromatic rings. The number of rotatable bonds is 0. The van der Waals surface area contributed by atoms with Gasteiger partial charge in [-0.2, -0.15) is 0 Å². The van der Waals surface area contributed by atoms with E-state index in [1.54, 1.807) is 0 Å². The molecule has 0 aromatic carbocycles. The molecule has 0 radical (unpaired) electrons. The minimum atomic E-state index is -1.75. The first-order valence-corrected chi connectivity index (χ1v) is 1.66. The fraction of sp³-hybridized carbons (Fsp3) is 0. The number of hydrogen-bond acceptors (Lipinski definition) is 8. The molecule has 0 saturated carbocycles. The average Bonchev–Trinajstić information content (AvgIpc) is 1.54. The van der Waals surface area contributed by atoms with Gasteiger partial charge in [0, 0.05) is 0 Å². The standard InChI is InChI=1S/Bi.HNO3.2NO3.3H/c;3*2-1(3)4;;;/h;(H,2,3,4);;;;;/q;;2*-1;;;. The second-order valence-corrected chi connectivity index (χ2v) is 0.685. The molecular weight excluding hydrogens is 395 g/mol. The van der Waals surface area contributed by atoms with Crippen molar-refractivity contribution in [3.05, 3.63) is 40.8 Å². The van der Waals surface area contributed by atoms with E-state index in [2.05, 4.69) is 0 Å². The summed E-state index contributed by atoms with van der Waals surface area (Å²) in [7, 11) is 0. The minimum absolute atomic E-state index is 0. The Morgan fingerprint density at radius 2 is 0.769 bits per heavy atom. The Morgan fingerprint density at radius 1 is 0.769 bits per heavy atom. The van der Waals surface area contributed by atoms with E-state index in [1.165, 1.54) is 0 Å². The van der Waals surface area contributed by atoms with Gasteiger partial charge in [0.05, 0.1) is 10.2 Å². The Kier molecular flexibility index (Phi) is 29.2. The van der Waals surface area contributed by atoms with E-state index >= 15 is 0 Å². The number of hydrogen-bond donors (Lipinski definition) is 1. The van der Waals surface area contributed by atoms with Crippen molar-refractivity contribution in [2.45, 2.75) is 0 Å². The predicted molar refractivity (Wildman–Crippen MR) is 39.4 cm³/mol. The Bertz CT molecular complexity index is 112. The normalized spacial score (nSPS) is 5.54. The zero-order chi connectivity index (χ0) is 10.7. The summed E-state index contributed by atoms with van der Waals surface area (Å²) in [5.41, 5.74) is 0. The summed E-state index contributed by atoms with van der Waals surface area (Å²) in [4.78, 5) is 24.9. The first-order valence-electron chi connectivity index (χ1n) is 1.66. The molecule has 1 N–H and O–H groups in total. The van der Waals surface area contributed by atoms with E-state index in [4.69, 9.17) is 46.0 Å². The van der Waals surface area contributed by atoms with Crippen LogP contribution in [0.4, 0.5) is 0 Å². The zero-order valence-electron chi connectivity index (χ0n) is 5.76. The van der Waals surface area contributed by atoms with Crippen molar-refractivity contribution in [2.75, 3.05) is 0 Å². The van der Waals surface area contributed by atoms with Gasteiger partial charge >= 0.3 is 26.2 Å². The van der Waals surface area contributed by atoms with Gasteiger partial charge in [-0.25, -0.2) is 0 Å². The van der Waals surface area contributed by atoms with E-state index < -0.39 is 15.3 Å². The Morgan fingerprint density at radius 3 is 0.769 bits per heavy atom. The van der Waals surface area contributed by atoms with Crippen LogP contribution in [0, 0.1) is 40.8 Å². The molecule has 0 unspecified atom stereocenters. The molecule has 0 aliphatic heterocycles. The topological polar surface area (TPSA) is 196 Å². The molecule has 0 bridgehead atoms. The van der Waals surface area contributed by atoms with Gasteiger partial charge in [0.2, 0.25) is 0 Å². The second-order valence-electron chi connectivity index (χ2n) is 0.685. The quantitative estimate of drug-likeness (QED) is 0.272. The van der Waals surface area contributed by atoms with E-state index in [-0.39, 0.29) is 26.2 Å². The third kappa shape index (κ3) is 328. The molecule has 0 spiro atoms. The molecular formula is H4BiN3O9-2. The summed E-state index contributed by atoms with van der Waals surface area (Å²) >= 11 is 0. The van der Waals surface area contributed by atoms with Crippen LogP contribution in [0.1, 0.15) is 0 Å². The number of nitrogens with zero attached hydrogens (tertiary/aromatic N) is 3. The van der Waals surface area contributed by atoms with Gasteiger partial charge in [-0.05, 0) is 0 Å². The molecule has 0 fully saturated rings. The van der Waals surface area contributed by atoms with Gasteiger partial charge in [0.15, 0.2) is 0 Å². The van der Waals surface area contributed by atoms with Crippen molar-refractivity contribution in [3.8, 4) is 0 Å². The van der Waals surface area contributed by atoms with Gasteiger partial charge in [-0.3, -0.25) is 0 Å². The van der Waals surface area contributed by atoms with Gasteiger partial charge in [0.1, 0.15) is 0 Å². The van der Waals surface area contributed by atoms with E-state index in [0.29, 0.717) is 0 Å². The molecule has 0 saturated heterocycles. The summed E-state index contributed by atoms with van der Waals surface area (Å²) in [5, 5.41) is 43.1. The van der Waals surface area contributed by atoms with Crippen LogP contribution in [-0.4, -0.2) is 46.7 Å². The van der Waals surface area contributed by atoms with Crippen molar-refractivity contribution in [1.29, 1.82) is 0 Å². The molecule has 0 aliphatic rings. The van der Waals surface area contributed by atoms with Gasteiger partial charge in [0.25, 0.3) is 5.09 Å². The molecule has 0 amide bonds. The molecule has 0 aliphatic carbocycles. The molecule has 12 nitrogen and oxygen atoms in total. The Hall–Kier alpha value is -1.52. The third-order valence-corrected chi connectivity index (χ3v) is 0. The van der Waals surface area contributed by atoms with Crippen molar-refractivity contribution >= 4 is 26.2 Å². The summed E-state index contributed by atoms with van der Waals surface area (Å²) in [6.45, 7) is 0.